The van der Waals surface area contributed by atoms with Gasteiger partial charge in [0.1, 0.15) is 12.4 Å². The van der Waals surface area contributed by atoms with Crippen LogP contribution in [0.15, 0.2) is 65.1 Å². The molecule has 0 bridgehead atoms. The summed E-state index contributed by atoms with van der Waals surface area (Å²) in [7, 11) is 0. The number of carboxylic acid groups (broad SMARTS) is 1. The third-order valence-electron chi connectivity index (χ3n) is 4.98. The molecule has 30 heavy (non-hydrogen) atoms. The number of furan rings is 1. The lowest BCUT2D eigenvalue weighted by atomic mass is 9.98. The van der Waals surface area contributed by atoms with Crippen molar-refractivity contribution in [2.75, 3.05) is 18.9 Å². The molecule has 1 aliphatic rings. The van der Waals surface area contributed by atoms with Gasteiger partial charge in [-0.15, -0.1) is 0 Å². The van der Waals surface area contributed by atoms with E-state index in [9.17, 15) is 9.59 Å². The van der Waals surface area contributed by atoms with E-state index in [1.165, 1.54) is 28.3 Å². The van der Waals surface area contributed by atoms with Crippen molar-refractivity contribution in [2.24, 2.45) is 0 Å². The van der Waals surface area contributed by atoms with Crippen LogP contribution in [0.3, 0.4) is 0 Å². The van der Waals surface area contributed by atoms with Crippen LogP contribution in [0, 0.1) is 0 Å². The second-order valence-electron chi connectivity index (χ2n) is 6.88. The summed E-state index contributed by atoms with van der Waals surface area (Å²) in [6.45, 7) is 0.741. The molecule has 1 amide bonds. The molecule has 0 atom stereocenters. The molecule has 3 aromatic rings. The second kappa shape index (κ2) is 9.09. The molecule has 2 N–H and O–H groups in total. The molecule has 0 radical (unpaired) electrons. The number of benzene rings is 2. The number of fused-ring (bicyclic) bond motifs is 3. The van der Waals surface area contributed by atoms with E-state index in [2.05, 4.69) is 29.6 Å². The number of carboxylic acids is 1. The summed E-state index contributed by atoms with van der Waals surface area (Å²) in [6, 6.07) is 19.5. The van der Waals surface area contributed by atoms with Gasteiger partial charge in [-0.05, 0) is 34.4 Å². The highest BCUT2D eigenvalue weighted by atomic mass is 32.2. The molecular formula is C23H21NO5S. The van der Waals surface area contributed by atoms with Crippen LogP contribution in [0.25, 0.3) is 11.1 Å². The maximum atomic E-state index is 12.1. The van der Waals surface area contributed by atoms with Gasteiger partial charge in [-0.25, -0.2) is 9.59 Å². The van der Waals surface area contributed by atoms with Crippen LogP contribution in [0.4, 0.5) is 4.79 Å². The van der Waals surface area contributed by atoms with Gasteiger partial charge in [0.15, 0.2) is 0 Å². The Bertz CT molecular complexity index is 1020. The molecular weight excluding hydrogens is 402 g/mol. The van der Waals surface area contributed by atoms with Gasteiger partial charge in [-0.1, -0.05) is 48.5 Å². The number of amides is 1. The topological polar surface area (TPSA) is 88.8 Å². The second-order valence-corrected chi connectivity index (χ2v) is 7.98. The molecule has 0 spiro atoms. The Morgan fingerprint density at radius 3 is 2.30 bits per heavy atom. The third-order valence-corrected chi connectivity index (χ3v) is 5.96. The highest BCUT2D eigenvalue weighted by molar-refractivity contribution is 7.98. The predicted octanol–water partition coefficient (Wildman–Crippen LogP) is 4.75. The van der Waals surface area contributed by atoms with Gasteiger partial charge in [-0.3, -0.25) is 0 Å². The Morgan fingerprint density at radius 1 is 1.00 bits per heavy atom. The molecule has 1 heterocycles. The fraction of sp³-hybridized carbons (Fsp3) is 0.217. The Labute approximate surface area is 178 Å². The van der Waals surface area contributed by atoms with Crippen LogP contribution in [-0.4, -0.2) is 36.1 Å². The lowest BCUT2D eigenvalue weighted by Gasteiger charge is -2.14. The average molecular weight is 423 g/mol. The maximum Gasteiger partial charge on any atom is 0.407 e. The van der Waals surface area contributed by atoms with E-state index in [1.54, 1.807) is 17.8 Å². The molecule has 6 nitrogen and oxygen atoms in total. The predicted molar refractivity (Wildman–Crippen MR) is 115 cm³/mol. The summed E-state index contributed by atoms with van der Waals surface area (Å²) >= 11 is 1.54. The quantitative estimate of drug-likeness (QED) is 0.508. The maximum absolute atomic E-state index is 12.1. The first kappa shape index (κ1) is 20.1. The van der Waals surface area contributed by atoms with Gasteiger partial charge in [0, 0.05) is 18.2 Å². The van der Waals surface area contributed by atoms with Crippen molar-refractivity contribution in [3.8, 4) is 11.1 Å². The Balaban J connectivity index is 1.22. The summed E-state index contributed by atoms with van der Waals surface area (Å²) in [5.41, 5.74) is 4.76. The first-order valence-electron chi connectivity index (χ1n) is 9.62. The Kier molecular flexibility index (Phi) is 6.09. The van der Waals surface area contributed by atoms with Crippen LogP contribution in [0.1, 0.15) is 33.4 Å². The first-order chi connectivity index (χ1) is 14.6. The van der Waals surface area contributed by atoms with Crippen molar-refractivity contribution in [1.29, 1.82) is 0 Å². The molecule has 0 aliphatic heterocycles. The molecule has 0 saturated carbocycles. The summed E-state index contributed by atoms with van der Waals surface area (Å²) in [5.74, 6) is 0.691. The average Bonchev–Trinajstić information content (AvgIpc) is 3.35. The minimum Gasteiger partial charge on any atom is -0.475 e. The van der Waals surface area contributed by atoms with E-state index in [0.29, 0.717) is 23.8 Å². The molecule has 2 aromatic carbocycles. The number of ether oxygens (including phenoxy) is 1. The van der Waals surface area contributed by atoms with Gasteiger partial charge in [-0.2, -0.15) is 11.8 Å². The highest BCUT2D eigenvalue weighted by Crippen LogP contribution is 2.44. The molecule has 0 fully saturated rings. The summed E-state index contributed by atoms with van der Waals surface area (Å²) in [4.78, 5) is 22.9. The van der Waals surface area contributed by atoms with Crippen molar-refractivity contribution >= 4 is 23.8 Å². The summed E-state index contributed by atoms with van der Waals surface area (Å²) < 4.78 is 10.7. The SMILES string of the molecule is O=C(NCCSCc1ccc(C(=O)O)o1)OCC1c2ccccc2-c2ccccc21. The van der Waals surface area contributed by atoms with Crippen molar-refractivity contribution < 1.29 is 23.8 Å². The highest BCUT2D eigenvalue weighted by Gasteiger charge is 2.28. The number of carbonyl (C=O) groups is 2. The summed E-state index contributed by atoms with van der Waals surface area (Å²) in [5, 5.41) is 11.6. The number of nitrogens with one attached hydrogen (secondary N) is 1. The van der Waals surface area contributed by atoms with E-state index in [-0.39, 0.29) is 18.3 Å². The zero-order valence-electron chi connectivity index (χ0n) is 16.2. The van der Waals surface area contributed by atoms with Crippen molar-refractivity contribution in [1.82, 2.24) is 5.32 Å². The van der Waals surface area contributed by atoms with Crippen molar-refractivity contribution in [3.05, 3.63) is 83.3 Å². The molecule has 0 saturated heterocycles. The third kappa shape index (κ3) is 4.36. The van der Waals surface area contributed by atoms with Crippen molar-refractivity contribution in [2.45, 2.75) is 11.7 Å². The number of alkyl carbamates (subject to hydrolysis) is 1. The van der Waals surface area contributed by atoms with Gasteiger partial charge in [0.05, 0.1) is 5.75 Å². The van der Waals surface area contributed by atoms with Crippen LogP contribution < -0.4 is 5.32 Å². The van der Waals surface area contributed by atoms with Gasteiger partial charge < -0.3 is 19.6 Å². The fourth-order valence-corrected chi connectivity index (χ4v) is 4.36. The number of aromatic carboxylic acids is 1. The number of thioether (sulfide) groups is 1. The van der Waals surface area contributed by atoms with E-state index in [1.807, 2.05) is 24.3 Å². The minimum atomic E-state index is -1.08. The first-order valence-corrected chi connectivity index (χ1v) is 10.8. The minimum absolute atomic E-state index is 0.0416. The standard InChI is InChI=1S/C23H21NO5S/c25-22(26)21-10-9-15(29-21)14-30-12-11-24-23(27)28-13-20-18-7-3-1-5-16(18)17-6-2-4-8-19(17)20/h1-10,20H,11-14H2,(H,24,27)(H,25,26). The van der Waals surface area contributed by atoms with Crippen LogP contribution in [-0.2, 0) is 10.5 Å². The van der Waals surface area contributed by atoms with E-state index >= 15 is 0 Å². The molecule has 4 rings (SSSR count). The number of rotatable bonds is 8. The lowest BCUT2D eigenvalue weighted by molar-refractivity contribution is 0.0660. The Morgan fingerprint density at radius 2 is 1.67 bits per heavy atom. The largest absolute Gasteiger partial charge is 0.475 e. The van der Waals surface area contributed by atoms with Crippen LogP contribution >= 0.6 is 11.8 Å². The molecule has 0 unspecified atom stereocenters. The normalized spacial score (nSPS) is 12.3. The number of carbonyl (C=O) groups excluding carboxylic acids is 1. The lowest BCUT2D eigenvalue weighted by Crippen LogP contribution is -2.28. The molecule has 1 aromatic heterocycles. The van der Waals surface area contributed by atoms with Crippen LogP contribution in [0.5, 0.6) is 0 Å². The van der Waals surface area contributed by atoms with Crippen molar-refractivity contribution in [3.63, 3.8) is 0 Å². The van der Waals surface area contributed by atoms with Gasteiger partial charge in [0.2, 0.25) is 5.76 Å². The number of hydrogen-bond acceptors (Lipinski definition) is 5. The van der Waals surface area contributed by atoms with Gasteiger partial charge >= 0.3 is 12.1 Å². The molecule has 1 aliphatic carbocycles. The van der Waals surface area contributed by atoms with E-state index < -0.39 is 12.1 Å². The Hall–Kier alpha value is -3.19. The smallest absolute Gasteiger partial charge is 0.407 e. The van der Waals surface area contributed by atoms with E-state index in [4.69, 9.17) is 14.3 Å². The monoisotopic (exact) mass is 423 g/mol. The summed E-state index contributed by atoms with van der Waals surface area (Å²) in [6.07, 6.45) is -0.441. The van der Waals surface area contributed by atoms with Gasteiger partial charge in [0.25, 0.3) is 0 Å². The zero-order valence-corrected chi connectivity index (χ0v) is 17.0. The molecule has 154 valence electrons. The number of hydrogen-bond donors (Lipinski definition) is 2. The fourth-order valence-electron chi connectivity index (χ4n) is 3.62. The van der Waals surface area contributed by atoms with E-state index in [0.717, 1.165) is 0 Å². The molecule has 7 heteroatoms. The zero-order chi connectivity index (χ0) is 20.9. The van der Waals surface area contributed by atoms with Crippen LogP contribution in [0.2, 0.25) is 0 Å².